The fourth-order valence-electron chi connectivity index (χ4n) is 10.3. The summed E-state index contributed by atoms with van der Waals surface area (Å²) >= 11 is 0. The van der Waals surface area contributed by atoms with Gasteiger partial charge in [-0.05, 0) is 83.5 Å². The molecule has 0 aliphatic rings. The second kappa shape index (κ2) is 67.6. The lowest BCUT2D eigenvalue weighted by atomic mass is 10.0. The van der Waals surface area contributed by atoms with Crippen LogP contribution in [0.2, 0.25) is 0 Å². The number of unbranched alkanes of at least 4 members (excludes halogenated alkanes) is 43. The van der Waals surface area contributed by atoms with Crippen LogP contribution in [0.4, 0.5) is 0 Å². The molecule has 460 valence electrons. The molecule has 0 amide bonds. The summed E-state index contributed by atoms with van der Waals surface area (Å²) in [6, 6.07) is 0. The first kappa shape index (κ1) is 76.1. The van der Waals surface area contributed by atoms with Gasteiger partial charge in [0.1, 0.15) is 13.2 Å². The van der Waals surface area contributed by atoms with E-state index in [-0.39, 0.29) is 31.1 Å². The summed E-state index contributed by atoms with van der Waals surface area (Å²) in [6.45, 7) is 6.57. The average Bonchev–Trinajstić information content (AvgIpc) is 3.45. The Bertz CT molecular complexity index is 1410. The summed E-state index contributed by atoms with van der Waals surface area (Å²) in [5, 5.41) is 0. The van der Waals surface area contributed by atoms with Crippen LogP contribution in [0.5, 0.6) is 0 Å². The monoisotopic (exact) mass is 1110 g/mol. The largest absolute Gasteiger partial charge is 0.462 e. The normalized spacial score (nSPS) is 12.4. The van der Waals surface area contributed by atoms with Gasteiger partial charge in [-0.25, -0.2) is 0 Å². The van der Waals surface area contributed by atoms with Gasteiger partial charge in [-0.3, -0.25) is 14.4 Å². The molecule has 6 heteroatoms. The Hall–Kier alpha value is -2.89. The van der Waals surface area contributed by atoms with Gasteiger partial charge in [-0.1, -0.05) is 326 Å². The first-order valence-corrected chi connectivity index (χ1v) is 34.8. The Balaban J connectivity index is 4.10. The highest BCUT2D eigenvalue weighted by Crippen LogP contribution is 2.18. The van der Waals surface area contributed by atoms with Gasteiger partial charge in [0.15, 0.2) is 6.10 Å². The molecule has 0 aromatic heterocycles. The Labute approximate surface area is 491 Å². The maximum atomic E-state index is 12.9. The van der Waals surface area contributed by atoms with Crippen LogP contribution in [0.15, 0.2) is 60.8 Å². The quantitative estimate of drug-likeness (QED) is 0.0261. The highest BCUT2D eigenvalue weighted by molar-refractivity contribution is 5.71. The van der Waals surface area contributed by atoms with E-state index in [1.165, 1.54) is 238 Å². The van der Waals surface area contributed by atoms with Crippen LogP contribution in [-0.2, 0) is 28.6 Å². The summed E-state index contributed by atoms with van der Waals surface area (Å²) in [5.41, 5.74) is 0. The fourth-order valence-corrected chi connectivity index (χ4v) is 10.3. The van der Waals surface area contributed by atoms with E-state index in [0.717, 1.165) is 89.9 Å². The molecule has 6 nitrogen and oxygen atoms in total. The van der Waals surface area contributed by atoms with E-state index in [1.54, 1.807) is 0 Å². The number of carbonyl (C=O) groups excluding carboxylic acids is 3. The number of esters is 3. The van der Waals surface area contributed by atoms with E-state index in [2.05, 4.69) is 81.5 Å². The van der Waals surface area contributed by atoms with E-state index >= 15 is 0 Å². The van der Waals surface area contributed by atoms with Crippen LogP contribution in [0.25, 0.3) is 0 Å². The lowest BCUT2D eigenvalue weighted by Gasteiger charge is -2.18. The van der Waals surface area contributed by atoms with Gasteiger partial charge in [0.25, 0.3) is 0 Å². The van der Waals surface area contributed by atoms with Crippen molar-refractivity contribution in [3.8, 4) is 0 Å². The van der Waals surface area contributed by atoms with E-state index in [4.69, 9.17) is 14.2 Å². The van der Waals surface area contributed by atoms with Gasteiger partial charge < -0.3 is 14.2 Å². The van der Waals surface area contributed by atoms with E-state index < -0.39 is 6.10 Å². The molecule has 0 aromatic rings. The lowest BCUT2D eigenvalue weighted by Crippen LogP contribution is -2.30. The molecule has 0 aliphatic carbocycles. The van der Waals surface area contributed by atoms with Crippen molar-refractivity contribution in [1.82, 2.24) is 0 Å². The van der Waals surface area contributed by atoms with Crippen LogP contribution in [0.3, 0.4) is 0 Å². The summed E-state index contributed by atoms with van der Waals surface area (Å²) in [4.78, 5) is 38.3. The van der Waals surface area contributed by atoms with Gasteiger partial charge in [0.2, 0.25) is 0 Å². The molecule has 0 saturated heterocycles. The first-order valence-electron chi connectivity index (χ1n) is 34.8. The van der Waals surface area contributed by atoms with Crippen molar-refractivity contribution in [3.05, 3.63) is 60.8 Å². The topological polar surface area (TPSA) is 78.9 Å². The van der Waals surface area contributed by atoms with Crippen LogP contribution in [0, 0.1) is 0 Å². The van der Waals surface area contributed by atoms with Crippen molar-refractivity contribution in [2.75, 3.05) is 13.2 Å². The van der Waals surface area contributed by atoms with E-state index in [1.807, 2.05) is 0 Å². The summed E-state index contributed by atoms with van der Waals surface area (Å²) < 4.78 is 16.9. The van der Waals surface area contributed by atoms with Gasteiger partial charge >= 0.3 is 17.9 Å². The van der Waals surface area contributed by atoms with Crippen molar-refractivity contribution >= 4 is 17.9 Å². The molecule has 0 saturated carbocycles. The summed E-state index contributed by atoms with van der Waals surface area (Å²) in [7, 11) is 0. The molecular weight excluding hydrogens is 973 g/mol. The highest BCUT2D eigenvalue weighted by atomic mass is 16.6. The van der Waals surface area contributed by atoms with E-state index in [0.29, 0.717) is 19.3 Å². The zero-order valence-electron chi connectivity index (χ0n) is 52.9. The number of hydrogen-bond acceptors (Lipinski definition) is 6. The summed E-state index contributed by atoms with van der Waals surface area (Å²) in [6.07, 6.45) is 86.9. The second-order valence-corrected chi connectivity index (χ2v) is 23.4. The predicted octanol–water partition coefficient (Wildman–Crippen LogP) is 23.9. The van der Waals surface area contributed by atoms with Crippen molar-refractivity contribution in [2.24, 2.45) is 0 Å². The number of ether oxygens (including phenoxy) is 3. The zero-order chi connectivity index (χ0) is 57.1. The van der Waals surface area contributed by atoms with Crippen molar-refractivity contribution < 1.29 is 28.6 Å². The molecule has 1 atom stereocenters. The molecule has 0 spiro atoms. The molecule has 1 unspecified atom stereocenters. The maximum absolute atomic E-state index is 12.9. The molecule has 0 aliphatic heterocycles. The van der Waals surface area contributed by atoms with Gasteiger partial charge in [-0.2, -0.15) is 0 Å². The SMILES string of the molecule is CC/C=C\C/C=C\C/C=C\C/C=C\CCCCCCCCCCCCCCCCCCCCCCC(=O)OCC(COC(=O)CCCCCCCCCCCCCC)OC(=O)CCCCCCC/C=C\CCCCCCCCC. The van der Waals surface area contributed by atoms with Gasteiger partial charge in [0.05, 0.1) is 0 Å². The van der Waals surface area contributed by atoms with Crippen molar-refractivity contribution in [2.45, 2.75) is 374 Å². The minimum atomic E-state index is -0.774. The Morgan fingerprint density at radius 3 is 0.785 bits per heavy atom. The minimum Gasteiger partial charge on any atom is -0.462 e. The van der Waals surface area contributed by atoms with Crippen LogP contribution in [-0.4, -0.2) is 37.2 Å². The van der Waals surface area contributed by atoms with Crippen molar-refractivity contribution in [3.63, 3.8) is 0 Å². The first-order chi connectivity index (χ1) is 39.0. The number of allylic oxidation sites excluding steroid dienone is 10. The summed E-state index contributed by atoms with van der Waals surface area (Å²) in [5.74, 6) is -0.856. The predicted molar refractivity (Wildman–Crippen MR) is 344 cm³/mol. The standard InChI is InChI=1S/C73H132O6/c1-4-7-10-13-16-19-22-25-27-29-30-31-32-33-34-35-36-37-38-39-40-41-42-43-44-45-47-48-51-54-57-60-63-66-72(75)78-69-70(68-77-71(74)65-62-59-56-53-50-24-21-18-15-12-9-6-3)79-73(76)67-64-61-58-55-52-49-46-28-26-23-20-17-14-11-8-5-2/h7,10,16,19,25,27-28,30-31,46,70H,4-6,8-9,11-15,17-18,20-24,26,29,32-45,47-69H2,1-3H3/b10-7-,19-16-,27-25-,31-30-,46-28-. The lowest BCUT2D eigenvalue weighted by molar-refractivity contribution is -0.167. The molecule has 0 heterocycles. The van der Waals surface area contributed by atoms with E-state index in [9.17, 15) is 14.4 Å². The average molecular weight is 1110 g/mol. The van der Waals surface area contributed by atoms with Crippen molar-refractivity contribution in [1.29, 1.82) is 0 Å². The zero-order valence-corrected chi connectivity index (χ0v) is 52.9. The molecule has 0 radical (unpaired) electrons. The smallest absolute Gasteiger partial charge is 0.306 e. The van der Waals surface area contributed by atoms with Gasteiger partial charge in [0, 0.05) is 19.3 Å². The molecule has 0 N–H and O–H groups in total. The Morgan fingerprint density at radius 2 is 0.494 bits per heavy atom. The highest BCUT2D eigenvalue weighted by Gasteiger charge is 2.19. The third kappa shape index (κ3) is 65.8. The molecule has 0 fully saturated rings. The van der Waals surface area contributed by atoms with Crippen LogP contribution >= 0.6 is 0 Å². The molecule has 0 bridgehead atoms. The third-order valence-electron chi connectivity index (χ3n) is 15.5. The molecule has 0 rings (SSSR count). The Morgan fingerprint density at radius 1 is 0.266 bits per heavy atom. The molecule has 79 heavy (non-hydrogen) atoms. The van der Waals surface area contributed by atoms with Gasteiger partial charge in [-0.15, -0.1) is 0 Å². The maximum Gasteiger partial charge on any atom is 0.306 e. The minimum absolute atomic E-state index is 0.0710. The third-order valence-corrected chi connectivity index (χ3v) is 15.5. The second-order valence-electron chi connectivity index (χ2n) is 23.4. The number of hydrogen-bond donors (Lipinski definition) is 0. The molecule has 0 aromatic carbocycles. The Kier molecular flexibility index (Phi) is 65.1. The van der Waals surface area contributed by atoms with Crippen LogP contribution in [0.1, 0.15) is 367 Å². The number of rotatable bonds is 64. The number of carbonyl (C=O) groups is 3. The molecular formula is C73H132O6. The fraction of sp³-hybridized carbons (Fsp3) is 0.822. The van der Waals surface area contributed by atoms with Crippen LogP contribution < -0.4 is 0 Å².